The van der Waals surface area contributed by atoms with Gasteiger partial charge >= 0.3 is 0 Å². The molecule has 1 amide bonds. The number of hydrogen-bond acceptors (Lipinski definition) is 3. The Kier molecular flexibility index (Phi) is 7.66. The Bertz CT molecular complexity index is 1020. The van der Waals surface area contributed by atoms with Crippen molar-refractivity contribution in [2.75, 3.05) is 13.2 Å². The van der Waals surface area contributed by atoms with Crippen molar-refractivity contribution < 1.29 is 9.53 Å². The summed E-state index contributed by atoms with van der Waals surface area (Å²) in [4.78, 5) is 16.4. The molecule has 0 aliphatic rings. The van der Waals surface area contributed by atoms with E-state index in [1.165, 1.54) is 11.1 Å². The molecule has 0 bridgehead atoms. The van der Waals surface area contributed by atoms with Crippen LogP contribution in [0.5, 0.6) is 5.75 Å². The van der Waals surface area contributed by atoms with Crippen LogP contribution in [0.3, 0.4) is 0 Å². The third-order valence-electron chi connectivity index (χ3n) is 5.20. The van der Waals surface area contributed by atoms with Gasteiger partial charge in [0.15, 0.2) is 0 Å². The average molecular weight is 406 g/mol. The molecule has 158 valence electrons. The quantitative estimate of drug-likeness (QED) is 0.391. The second-order valence-corrected chi connectivity index (χ2v) is 7.51. The molecule has 30 heavy (non-hydrogen) atoms. The normalized spacial score (nSPS) is 11.3. The van der Waals surface area contributed by atoms with E-state index in [9.17, 15) is 4.79 Å². The van der Waals surface area contributed by atoms with E-state index < -0.39 is 0 Å². The highest BCUT2D eigenvalue weighted by atomic mass is 16.5. The predicted molar refractivity (Wildman–Crippen MR) is 122 cm³/mol. The van der Waals surface area contributed by atoms with E-state index in [0.29, 0.717) is 13.2 Å². The molecule has 5 nitrogen and oxygen atoms in total. The van der Waals surface area contributed by atoms with Gasteiger partial charge in [-0.15, -0.1) is 0 Å². The summed E-state index contributed by atoms with van der Waals surface area (Å²) in [6, 6.07) is 14.5. The number of nitrogens with one attached hydrogen (secondary N) is 1. The highest BCUT2D eigenvalue weighted by Crippen LogP contribution is 2.19. The maximum Gasteiger partial charge on any atom is 0.243 e. The molecule has 5 heteroatoms. The van der Waals surface area contributed by atoms with Crippen molar-refractivity contribution in [3.8, 4) is 5.75 Å². The number of amides is 1. The summed E-state index contributed by atoms with van der Waals surface area (Å²) in [6.07, 6.45) is 5.87. The summed E-state index contributed by atoms with van der Waals surface area (Å²) in [5, 5.41) is 2.90. The number of fused-ring (bicyclic) bond motifs is 1. The molecular weight excluding hydrogens is 374 g/mol. The molecule has 0 aliphatic heterocycles. The van der Waals surface area contributed by atoms with Crippen LogP contribution in [0.15, 0.2) is 54.6 Å². The lowest BCUT2D eigenvalue weighted by Gasteiger charge is -2.11. The first kappa shape index (κ1) is 21.6. The largest absolute Gasteiger partial charge is 0.494 e. The highest BCUT2D eigenvalue weighted by Gasteiger charge is 2.10. The van der Waals surface area contributed by atoms with Crippen LogP contribution in [-0.4, -0.2) is 28.6 Å². The van der Waals surface area contributed by atoms with Crippen LogP contribution in [0.1, 0.15) is 36.7 Å². The van der Waals surface area contributed by atoms with E-state index >= 15 is 0 Å². The summed E-state index contributed by atoms with van der Waals surface area (Å²) in [5.74, 6) is 1.93. The number of nitrogens with zero attached hydrogens (tertiary/aromatic N) is 2. The average Bonchev–Trinajstić information content (AvgIpc) is 3.09. The van der Waals surface area contributed by atoms with Gasteiger partial charge in [0.2, 0.25) is 5.91 Å². The Hall–Kier alpha value is -3.08. The summed E-state index contributed by atoms with van der Waals surface area (Å²) >= 11 is 0. The second kappa shape index (κ2) is 10.6. The third kappa shape index (κ3) is 5.72. The number of aromatic nitrogens is 2. The van der Waals surface area contributed by atoms with Crippen LogP contribution in [-0.2, 0) is 17.8 Å². The monoisotopic (exact) mass is 405 g/mol. The number of rotatable bonds is 10. The molecule has 0 fully saturated rings. The van der Waals surface area contributed by atoms with Gasteiger partial charge in [-0.25, -0.2) is 4.98 Å². The van der Waals surface area contributed by atoms with Crippen LogP contribution >= 0.6 is 0 Å². The minimum absolute atomic E-state index is 0.0468. The van der Waals surface area contributed by atoms with Crippen molar-refractivity contribution in [2.45, 2.75) is 46.6 Å². The molecule has 2 aromatic carbocycles. The first-order valence-electron chi connectivity index (χ1n) is 10.6. The van der Waals surface area contributed by atoms with Crippen molar-refractivity contribution in [3.63, 3.8) is 0 Å². The minimum atomic E-state index is -0.0468. The van der Waals surface area contributed by atoms with Crippen molar-refractivity contribution in [3.05, 3.63) is 71.6 Å². The molecule has 1 heterocycles. The molecule has 3 rings (SSSR count). The summed E-state index contributed by atoms with van der Waals surface area (Å²) in [6.45, 7) is 8.21. The predicted octanol–water partition coefficient (Wildman–Crippen LogP) is 4.75. The van der Waals surface area contributed by atoms with E-state index in [1.54, 1.807) is 12.2 Å². The molecule has 0 atom stereocenters. The second-order valence-electron chi connectivity index (χ2n) is 7.51. The number of carbonyl (C=O) groups is 1. The molecular formula is C25H31N3O2. The van der Waals surface area contributed by atoms with Gasteiger partial charge in [-0.3, -0.25) is 4.79 Å². The summed E-state index contributed by atoms with van der Waals surface area (Å²) < 4.78 is 8.24. The van der Waals surface area contributed by atoms with E-state index in [2.05, 4.69) is 48.0 Å². The number of allylic oxidation sites excluding steroid dienone is 1. The minimum Gasteiger partial charge on any atom is -0.494 e. The van der Waals surface area contributed by atoms with Crippen LogP contribution in [0, 0.1) is 13.8 Å². The zero-order valence-corrected chi connectivity index (χ0v) is 18.1. The lowest BCUT2D eigenvalue weighted by Crippen LogP contribution is -2.22. The Morgan fingerprint density at radius 3 is 2.77 bits per heavy atom. The van der Waals surface area contributed by atoms with Crippen molar-refractivity contribution in [1.82, 2.24) is 14.9 Å². The fourth-order valence-corrected chi connectivity index (χ4v) is 3.45. The van der Waals surface area contributed by atoms with Gasteiger partial charge in [-0.2, -0.15) is 0 Å². The smallest absolute Gasteiger partial charge is 0.243 e. The Balaban J connectivity index is 1.58. The number of hydrogen-bond donors (Lipinski definition) is 1. The zero-order valence-electron chi connectivity index (χ0n) is 18.1. The number of carbonyl (C=O) groups excluding carboxylic acids is 1. The van der Waals surface area contributed by atoms with Crippen molar-refractivity contribution >= 4 is 16.9 Å². The number of aryl methyl sites for hydroxylation is 4. The topological polar surface area (TPSA) is 56.2 Å². The van der Waals surface area contributed by atoms with Gasteiger partial charge in [0.25, 0.3) is 0 Å². The van der Waals surface area contributed by atoms with Crippen LogP contribution in [0.25, 0.3) is 11.0 Å². The Morgan fingerprint density at radius 2 is 1.97 bits per heavy atom. The number of ether oxygens (including phenoxy) is 1. The van der Waals surface area contributed by atoms with Gasteiger partial charge in [-0.1, -0.05) is 24.3 Å². The number of para-hydroxylation sites is 2. The van der Waals surface area contributed by atoms with Crippen LogP contribution in [0.4, 0.5) is 0 Å². The van der Waals surface area contributed by atoms with E-state index in [-0.39, 0.29) is 5.91 Å². The zero-order chi connectivity index (χ0) is 21.3. The highest BCUT2D eigenvalue weighted by molar-refractivity contribution is 5.87. The molecule has 1 aromatic heterocycles. The first-order valence-corrected chi connectivity index (χ1v) is 10.6. The molecule has 0 aliphatic carbocycles. The van der Waals surface area contributed by atoms with E-state index in [0.717, 1.165) is 48.4 Å². The molecule has 1 N–H and O–H groups in total. The third-order valence-corrected chi connectivity index (χ3v) is 5.20. The van der Waals surface area contributed by atoms with E-state index in [1.807, 2.05) is 25.1 Å². The van der Waals surface area contributed by atoms with Gasteiger partial charge in [0, 0.05) is 19.5 Å². The Labute approximate surface area is 178 Å². The summed E-state index contributed by atoms with van der Waals surface area (Å²) in [7, 11) is 0. The maximum absolute atomic E-state index is 11.6. The molecule has 0 unspecified atom stereocenters. The Morgan fingerprint density at radius 1 is 1.13 bits per heavy atom. The van der Waals surface area contributed by atoms with Crippen LogP contribution in [0.2, 0.25) is 0 Å². The number of benzene rings is 2. The molecule has 0 spiro atoms. The molecule has 0 saturated heterocycles. The van der Waals surface area contributed by atoms with Crippen LogP contribution < -0.4 is 10.1 Å². The molecule has 0 saturated carbocycles. The SMILES string of the molecule is C/C=C\C(=O)NCCCc1nc2ccccc2n1CCCOc1ccc(C)c(C)c1. The van der Waals surface area contributed by atoms with Crippen molar-refractivity contribution in [2.24, 2.45) is 0 Å². The molecule has 3 aromatic rings. The van der Waals surface area contributed by atoms with Crippen molar-refractivity contribution in [1.29, 1.82) is 0 Å². The van der Waals surface area contributed by atoms with Gasteiger partial charge in [-0.05, 0) is 75.1 Å². The fourth-order valence-electron chi connectivity index (χ4n) is 3.45. The molecule has 0 radical (unpaired) electrons. The van der Waals surface area contributed by atoms with Gasteiger partial charge in [0.1, 0.15) is 11.6 Å². The first-order chi connectivity index (χ1) is 14.6. The fraction of sp³-hybridized carbons (Fsp3) is 0.360. The summed E-state index contributed by atoms with van der Waals surface area (Å²) in [5.41, 5.74) is 4.69. The number of imidazole rings is 1. The van der Waals surface area contributed by atoms with Gasteiger partial charge < -0.3 is 14.6 Å². The van der Waals surface area contributed by atoms with E-state index in [4.69, 9.17) is 9.72 Å². The lowest BCUT2D eigenvalue weighted by atomic mass is 10.1. The van der Waals surface area contributed by atoms with Gasteiger partial charge in [0.05, 0.1) is 17.6 Å². The lowest BCUT2D eigenvalue weighted by molar-refractivity contribution is -0.116. The maximum atomic E-state index is 11.6. The standard InChI is InChI=1S/C25H31N3O2/c1-4-9-25(29)26-15-7-12-24-27-22-10-5-6-11-23(22)28(24)16-8-17-30-21-14-13-19(2)20(3)18-21/h4-6,9-11,13-14,18H,7-8,12,15-17H2,1-3H3,(H,26,29)/b9-4-.